The van der Waals surface area contributed by atoms with E-state index in [-0.39, 0.29) is 0 Å². The van der Waals surface area contributed by atoms with Crippen LogP contribution in [0.15, 0.2) is 0 Å². The van der Waals surface area contributed by atoms with E-state index in [0.717, 1.165) is 29.0 Å². The highest BCUT2D eigenvalue weighted by atomic mass is 16.5. The van der Waals surface area contributed by atoms with Crippen molar-refractivity contribution < 1.29 is 4.74 Å². The third-order valence-electron chi connectivity index (χ3n) is 2.17. The molecule has 0 saturated carbocycles. The minimum atomic E-state index is 0.555. The van der Waals surface area contributed by atoms with Crippen molar-refractivity contribution in [2.75, 3.05) is 6.54 Å². The molecular formula is C8H11N3O. The van der Waals surface area contributed by atoms with Gasteiger partial charge in [0.2, 0.25) is 0 Å². The van der Waals surface area contributed by atoms with E-state index in [2.05, 4.69) is 17.1 Å². The molecule has 0 atom stereocenters. The number of nitrogens with zero attached hydrogens (tertiary/aromatic N) is 2. The Morgan fingerprint density at radius 1 is 1.75 bits per heavy atom. The molecule has 0 fully saturated rings. The molecule has 4 nitrogen and oxygen atoms in total. The van der Waals surface area contributed by atoms with Crippen LogP contribution in [0.4, 0.5) is 0 Å². The van der Waals surface area contributed by atoms with Crippen molar-refractivity contribution in [1.29, 1.82) is 0 Å². The molecule has 0 amide bonds. The second kappa shape index (κ2) is 2.62. The Labute approximate surface area is 70.5 Å². The van der Waals surface area contributed by atoms with Crippen LogP contribution in [0.3, 0.4) is 0 Å². The molecule has 1 N–H and O–H groups in total. The maximum Gasteiger partial charge on any atom is 0.200 e. The van der Waals surface area contributed by atoms with Crippen molar-refractivity contribution >= 4 is 6.21 Å². The number of aromatic amines is 1. The Hall–Kier alpha value is -1.32. The van der Waals surface area contributed by atoms with Crippen molar-refractivity contribution in [3.05, 3.63) is 22.2 Å². The molecular weight excluding hydrogens is 154 g/mol. The van der Waals surface area contributed by atoms with Gasteiger partial charge >= 0.3 is 0 Å². The number of nitrogens with one attached hydrogen (secondary N) is 1. The van der Waals surface area contributed by atoms with Gasteiger partial charge in [-0.15, -0.1) is 0 Å². The Morgan fingerprint density at radius 2 is 2.58 bits per heavy atom. The predicted molar refractivity (Wildman–Crippen MR) is 45.3 cm³/mol. The Kier molecular flexibility index (Phi) is 1.60. The summed E-state index contributed by atoms with van der Waals surface area (Å²) in [5.74, 6) is 0. The van der Waals surface area contributed by atoms with Gasteiger partial charge in [0.1, 0.15) is 5.69 Å². The molecule has 2 rings (SSSR count). The maximum absolute atomic E-state index is 10.9. The van der Waals surface area contributed by atoms with E-state index in [0.29, 0.717) is 6.54 Å². The average Bonchev–Trinajstić information content (AvgIpc) is 2.46. The fourth-order valence-electron chi connectivity index (χ4n) is 1.53. The van der Waals surface area contributed by atoms with Gasteiger partial charge in [-0.1, -0.05) is 6.92 Å². The zero-order valence-corrected chi connectivity index (χ0v) is 7.00. The second-order valence-corrected chi connectivity index (χ2v) is 2.94. The summed E-state index contributed by atoms with van der Waals surface area (Å²) in [4.78, 5) is 0. The molecule has 0 radical (unpaired) electrons. The summed E-state index contributed by atoms with van der Waals surface area (Å²) in [6.07, 6.45) is 3.32. The van der Waals surface area contributed by atoms with E-state index in [1.807, 2.05) is 0 Å². The first-order chi connectivity index (χ1) is 5.81. The lowest BCUT2D eigenvalue weighted by Crippen LogP contribution is -2.17. The minimum absolute atomic E-state index is 0.555. The number of fused-ring (bicyclic) bond motifs is 1. The molecule has 4 heteroatoms. The first-order valence-corrected chi connectivity index (χ1v) is 4.16. The largest absolute Gasteiger partial charge is 0.624 e. The van der Waals surface area contributed by atoms with Gasteiger partial charge in [0, 0.05) is 12.0 Å². The van der Waals surface area contributed by atoms with E-state index in [1.54, 1.807) is 6.21 Å². The first-order valence-electron chi connectivity index (χ1n) is 4.16. The van der Waals surface area contributed by atoms with Gasteiger partial charge in [-0.25, -0.2) is 4.74 Å². The zero-order valence-electron chi connectivity index (χ0n) is 7.00. The summed E-state index contributed by atoms with van der Waals surface area (Å²) in [6.45, 7) is 2.62. The average molecular weight is 165 g/mol. The highest BCUT2D eigenvalue weighted by Gasteiger charge is 2.17. The van der Waals surface area contributed by atoms with E-state index in [1.165, 1.54) is 5.56 Å². The molecule has 0 aromatic carbocycles. The number of aromatic nitrogens is 2. The Morgan fingerprint density at radius 3 is 3.33 bits per heavy atom. The van der Waals surface area contributed by atoms with Gasteiger partial charge in [-0.3, -0.25) is 5.10 Å². The first kappa shape index (κ1) is 7.34. The third kappa shape index (κ3) is 0.995. The lowest BCUT2D eigenvalue weighted by atomic mass is 10.1. The minimum Gasteiger partial charge on any atom is -0.624 e. The summed E-state index contributed by atoms with van der Waals surface area (Å²) in [5.41, 5.74) is 3.19. The monoisotopic (exact) mass is 165 g/mol. The third-order valence-corrected chi connectivity index (χ3v) is 2.17. The molecule has 0 bridgehead atoms. The summed E-state index contributed by atoms with van der Waals surface area (Å²) in [5, 5.41) is 17.9. The van der Waals surface area contributed by atoms with Gasteiger partial charge < -0.3 is 5.21 Å². The summed E-state index contributed by atoms with van der Waals surface area (Å²) < 4.78 is 0.944. The molecule has 0 unspecified atom stereocenters. The van der Waals surface area contributed by atoms with Crippen LogP contribution in [0.5, 0.6) is 0 Å². The van der Waals surface area contributed by atoms with E-state index >= 15 is 0 Å². The van der Waals surface area contributed by atoms with E-state index in [9.17, 15) is 5.21 Å². The number of aryl methyl sites for hydroxylation is 1. The highest BCUT2D eigenvalue weighted by Crippen LogP contribution is 2.13. The fourth-order valence-corrected chi connectivity index (χ4v) is 1.53. The smallest absolute Gasteiger partial charge is 0.200 e. The summed E-state index contributed by atoms with van der Waals surface area (Å²) in [7, 11) is 0. The molecule has 64 valence electrons. The lowest BCUT2D eigenvalue weighted by molar-refractivity contribution is -0.453. The van der Waals surface area contributed by atoms with E-state index in [4.69, 9.17) is 0 Å². The zero-order chi connectivity index (χ0) is 8.55. The van der Waals surface area contributed by atoms with Crippen LogP contribution in [-0.4, -0.2) is 27.7 Å². The van der Waals surface area contributed by atoms with Crippen LogP contribution in [0, 0.1) is 5.21 Å². The number of hydrogen-bond acceptors (Lipinski definition) is 2. The van der Waals surface area contributed by atoms with Crippen molar-refractivity contribution in [2.45, 2.75) is 19.8 Å². The summed E-state index contributed by atoms with van der Waals surface area (Å²) >= 11 is 0. The Bertz CT molecular complexity index is 327. The standard InChI is InChI=1S/C8H11N3O/c1-2-7-6-3-4-11(12)5-8(6)10-9-7/h5H,2-4H2,1H3,(H,9,10). The molecule has 1 aliphatic heterocycles. The predicted octanol–water partition coefficient (Wildman–Crippen LogP) is 0.457. The van der Waals surface area contributed by atoms with E-state index < -0.39 is 0 Å². The molecule has 1 aromatic rings. The fraction of sp³-hybridized carbons (Fsp3) is 0.500. The maximum atomic E-state index is 10.9. The normalized spacial score (nSPS) is 15.6. The number of hydrogen-bond donors (Lipinski definition) is 1. The molecule has 12 heavy (non-hydrogen) atoms. The SMILES string of the molecule is CCc1n[nH]c2c1CC[N+]([O-])=C2. The molecule has 1 aliphatic rings. The van der Waals surface area contributed by atoms with Gasteiger partial charge in [0.25, 0.3) is 0 Å². The topological polar surface area (TPSA) is 54.8 Å². The molecule has 1 aromatic heterocycles. The van der Waals surface area contributed by atoms with Gasteiger partial charge in [-0.05, 0) is 6.42 Å². The van der Waals surface area contributed by atoms with Crippen LogP contribution >= 0.6 is 0 Å². The quantitative estimate of drug-likeness (QED) is 0.485. The second-order valence-electron chi connectivity index (χ2n) is 2.94. The van der Waals surface area contributed by atoms with Gasteiger partial charge in [-0.2, -0.15) is 5.10 Å². The molecule has 0 spiro atoms. The van der Waals surface area contributed by atoms with Gasteiger partial charge in [0.05, 0.1) is 5.69 Å². The number of hydroxylamine groups is 1. The molecule has 2 heterocycles. The molecule has 0 saturated heterocycles. The van der Waals surface area contributed by atoms with Crippen LogP contribution in [0.1, 0.15) is 23.9 Å². The lowest BCUT2D eigenvalue weighted by Gasteiger charge is -2.09. The van der Waals surface area contributed by atoms with Crippen LogP contribution in [0.2, 0.25) is 0 Å². The van der Waals surface area contributed by atoms with Crippen molar-refractivity contribution in [1.82, 2.24) is 10.2 Å². The Balaban J connectivity index is 2.46. The highest BCUT2D eigenvalue weighted by molar-refractivity contribution is 5.76. The van der Waals surface area contributed by atoms with Gasteiger partial charge in [0.15, 0.2) is 12.8 Å². The van der Waals surface area contributed by atoms with Crippen molar-refractivity contribution in [2.24, 2.45) is 0 Å². The molecule has 0 aliphatic carbocycles. The van der Waals surface area contributed by atoms with Crippen LogP contribution in [-0.2, 0) is 12.8 Å². The number of rotatable bonds is 1. The van der Waals surface area contributed by atoms with Crippen molar-refractivity contribution in [3.63, 3.8) is 0 Å². The van der Waals surface area contributed by atoms with Crippen LogP contribution in [0.25, 0.3) is 0 Å². The van der Waals surface area contributed by atoms with Crippen LogP contribution < -0.4 is 0 Å². The summed E-state index contributed by atoms with van der Waals surface area (Å²) in [6, 6.07) is 0. The number of H-pyrrole nitrogens is 1. The van der Waals surface area contributed by atoms with Crippen molar-refractivity contribution in [3.8, 4) is 0 Å².